The van der Waals surface area contributed by atoms with E-state index in [1.165, 1.54) is 5.57 Å². The zero-order chi connectivity index (χ0) is 10.1. The van der Waals surface area contributed by atoms with Crippen molar-refractivity contribution < 1.29 is 4.79 Å². The van der Waals surface area contributed by atoms with Crippen LogP contribution in [0.1, 0.15) is 46.5 Å². The van der Waals surface area contributed by atoms with Crippen LogP contribution in [-0.2, 0) is 4.79 Å². The molecule has 0 aromatic rings. The van der Waals surface area contributed by atoms with Gasteiger partial charge < -0.3 is 0 Å². The Morgan fingerprint density at radius 1 is 1.31 bits per heavy atom. The Morgan fingerprint density at radius 2 is 1.92 bits per heavy atom. The van der Waals surface area contributed by atoms with E-state index in [0.717, 1.165) is 12.8 Å². The third-order valence-electron chi connectivity index (χ3n) is 1.95. The lowest BCUT2D eigenvalue weighted by Crippen LogP contribution is -1.93. The number of ketones is 1. The van der Waals surface area contributed by atoms with E-state index in [0.29, 0.717) is 12.8 Å². The van der Waals surface area contributed by atoms with Crippen molar-refractivity contribution in [3.63, 3.8) is 0 Å². The Kier molecular flexibility index (Phi) is 7.01. The predicted molar refractivity (Wildman–Crippen MR) is 56.4 cm³/mol. The van der Waals surface area contributed by atoms with Crippen molar-refractivity contribution in [2.75, 3.05) is 0 Å². The van der Waals surface area contributed by atoms with Crippen LogP contribution in [0.15, 0.2) is 11.6 Å². The highest BCUT2D eigenvalue weighted by Gasteiger charge is 1.97. The molecule has 0 aromatic carbocycles. The molecule has 0 bridgehead atoms. The molecule has 0 aliphatic heterocycles. The summed E-state index contributed by atoms with van der Waals surface area (Å²) < 4.78 is 0. The van der Waals surface area contributed by atoms with Gasteiger partial charge >= 0.3 is 0 Å². The van der Waals surface area contributed by atoms with E-state index in [-0.39, 0.29) is 5.78 Å². The normalized spacial score (nSPS) is 8.54. The van der Waals surface area contributed by atoms with Gasteiger partial charge in [-0.1, -0.05) is 19.4 Å². The summed E-state index contributed by atoms with van der Waals surface area (Å²) in [4.78, 5) is 11.3. The van der Waals surface area contributed by atoms with Crippen LogP contribution in [0.4, 0.5) is 0 Å². The highest BCUT2D eigenvalue weighted by atomic mass is 16.1. The molecule has 0 unspecified atom stereocenters. The maximum Gasteiger partial charge on any atom is 0.156 e. The molecule has 13 heavy (non-hydrogen) atoms. The van der Waals surface area contributed by atoms with Gasteiger partial charge in [0, 0.05) is 12.8 Å². The Labute approximate surface area is 81.2 Å². The number of hydrogen-bond acceptors (Lipinski definition) is 1. The van der Waals surface area contributed by atoms with Gasteiger partial charge in [-0.15, -0.1) is 11.8 Å². The lowest BCUT2D eigenvalue weighted by atomic mass is 10.1. The monoisotopic (exact) mass is 178 g/mol. The van der Waals surface area contributed by atoms with E-state index in [9.17, 15) is 4.79 Å². The van der Waals surface area contributed by atoms with Crippen molar-refractivity contribution in [2.45, 2.75) is 46.5 Å². The standard InChI is InChI=1S/C12H18O/c1-4-7-8-9-12(13)10-11(5-2)6-3/h10H,5-6,8-9H2,1-3H3. The van der Waals surface area contributed by atoms with Gasteiger partial charge in [-0.25, -0.2) is 0 Å². The maximum absolute atomic E-state index is 11.3. The Hall–Kier alpha value is -1.03. The van der Waals surface area contributed by atoms with E-state index < -0.39 is 0 Å². The van der Waals surface area contributed by atoms with Gasteiger partial charge in [-0.05, 0) is 25.8 Å². The van der Waals surface area contributed by atoms with Crippen LogP contribution in [0.2, 0.25) is 0 Å². The lowest BCUT2D eigenvalue weighted by molar-refractivity contribution is -0.114. The largest absolute Gasteiger partial charge is 0.295 e. The molecular formula is C12H18O. The quantitative estimate of drug-likeness (QED) is 0.467. The van der Waals surface area contributed by atoms with Gasteiger partial charge in [-0.2, -0.15) is 0 Å². The van der Waals surface area contributed by atoms with Crippen molar-refractivity contribution in [1.29, 1.82) is 0 Å². The molecule has 0 fully saturated rings. The summed E-state index contributed by atoms with van der Waals surface area (Å²) in [6.07, 6.45) is 4.97. The molecule has 0 radical (unpaired) electrons. The molecule has 0 aliphatic rings. The van der Waals surface area contributed by atoms with Crippen LogP contribution < -0.4 is 0 Å². The lowest BCUT2D eigenvalue weighted by Gasteiger charge is -1.97. The summed E-state index contributed by atoms with van der Waals surface area (Å²) in [7, 11) is 0. The Morgan fingerprint density at radius 3 is 2.38 bits per heavy atom. The molecule has 1 heteroatoms. The van der Waals surface area contributed by atoms with E-state index >= 15 is 0 Å². The van der Waals surface area contributed by atoms with Crippen molar-refractivity contribution in [3.8, 4) is 11.8 Å². The molecule has 0 rings (SSSR count). The first-order valence-corrected chi connectivity index (χ1v) is 4.86. The van der Waals surface area contributed by atoms with Crippen LogP contribution >= 0.6 is 0 Å². The SMILES string of the molecule is CC#CCCC(=O)C=C(CC)CC. The smallest absolute Gasteiger partial charge is 0.156 e. The summed E-state index contributed by atoms with van der Waals surface area (Å²) in [6.45, 7) is 5.95. The fourth-order valence-electron chi connectivity index (χ4n) is 1.06. The second-order valence-electron chi connectivity index (χ2n) is 2.90. The van der Waals surface area contributed by atoms with Gasteiger partial charge in [0.05, 0.1) is 0 Å². The summed E-state index contributed by atoms with van der Waals surface area (Å²) in [5.41, 5.74) is 1.23. The first kappa shape index (κ1) is 12.0. The third-order valence-corrected chi connectivity index (χ3v) is 1.95. The number of rotatable bonds is 5. The zero-order valence-electron chi connectivity index (χ0n) is 8.81. The van der Waals surface area contributed by atoms with E-state index in [1.807, 2.05) is 0 Å². The minimum Gasteiger partial charge on any atom is -0.295 e. The Bertz CT molecular complexity index is 232. The molecule has 0 saturated carbocycles. The molecule has 72 valence electrons. The highest BCUT2D eigenvalue weighted by molar-refractivity contribution is 5.90. The summed E-state index contributed by atoms with van der Waals surface area (Å²) in [6, 6.07) is 0. The highest BCUT2D eigenvalue weighted by Crippen LogP contribution is 2.06. The topological polar surface area (TPSA) is 17.1 Å². The molecule has 0 atom stereocenters. The minimum atomic E-state index is 0.210. The van der Waals surface area contributed by atoms with E-state index in [2.05, 4.69) is 25.7 Å². The number of carbonyl (C=O) groups excluding carboxylic acids is 1. The molecule has 0 heterocycles. The van der Waals surface area contributed by atoms with Gasteiger partial charge in [-0.3, -0.25) is 4.79 Å². The fraction of sp³-hybridized carbons (Fsp3) is 0.583. The van der Waals surface area contributed by atoms with Crippen LogP contribution in [0.5, 0.6) is 0 Å². The third kappa shape index (κ3) is 6.16. The molecular weight excluding hydrogens is 160 g/mol. The fourth-order valence-corrected chi connectivity index (χ4v) is 1.06. The zero-order valence-corrected chi connectivity index (χ0v) is 8.81. The molecule has 0 amide bonds. The van der Waals surface area contributed by atoms with Crippen LogP contribution in [0, 0.1) is 11.8 Å². The summed E-state index contributed by atoms with van der Waals surface area (Å²) >= 11 is 0. The predicted octanol–water partition coefficient (Wildman–Crippen LogP) is 3.11. The first-order valence-electron chi connectivity index (χ1n) is 4.86. The average molecular weight is 178 g/mol. The molecule has 0 spiro atoms. The maximum atomic E-state index is 11.3. The minimum absolute atomic E-state index is 0.210. The molecule has 0 N–H and O–H groups in total. The Balaban J connectivity index is 3.94. The first-order chi connectivity index (χ1) is 6.24. The number of hydrogen-bond donors (Lipinski definition) is 0. The molecule has 0 aromatic heterocycles. The van der Waals surface area contributed by atoms with Gasteiger partial charge in [0.25, 0.3) is 0 Å². The van der Waals surface area contributed by atoms with Gasteiger partial charge in [0.1, 0.15) is 0 Å². The second kappa shape index (κ2) is 7.61. The van der Waals surface area contributed by atoms with Crippen molar-refractivity contribution >= 4 is 5.78 Å². The van der Waals surface area contributed by atoms with Gasteiger partial charge in [0.2, 0.25) is 0 Å². The van der Waals surface area contributed by atoms with E-state index in [4.69, 9.17) is 0 Å². The van der Waals surface area contributed by atoms with E-state index in [1.54, 1.807) is 13.0 Å². The molecule has 0 aliphatic carbocycles. The van der Waals surface area contributed by atoms with Crippen LogP contribution in [0.3, 0.4) is 0 Å². The number of allylic oxidation sites excluding steroid dienone is 2. The van der Waals surface area contributed by atoms with Crippen LogP contribution in [-0.4, -0.2) is 5.78 Å². The van der Waals surface area contributed by atoms with Crippen molar-refractivity contribution in [2.24, 2.45) is 0 Å². The summed E-state index contributed by atoms with van der Waals surface area (Å²) in [5, 5.41) is 0. The number of carbonyl (C=O) groups is 1. The average Bonchev–Trinajstić information content (AvgIpc) is 2.14. The van der Waals surface area contributed by atoms with Gasteiger partial charge in [0.15, 0.2) is 5.78 Å². The van der Waals surface area contributed by atoms with Crippen molar-refractivity contribution in [3.05, 3.63) is 11.6 Å². The van der Waals surface area contributed by atoms with Crippen molar-refractivity contribution in [1.82, 2.24) is 0 Å². The van der Waals surface area contributed by atoms with Crippen LogP contribution in [0.25, 0.3) is 0 Å². The summed E-state index contributed by atoms with van der Waals surface area (Å²) in [5.74, 6) is 5.88. The molecule has 1 nitrogen and oxygen atoms in total. The molecule has 0 saturated heterocycles. The second-order valence-corrected chi connectivity index (χ2v) is 2.90.